The predicted octanol–water partition coefficient (Wildman–Crippen LogP) is 5.80. The standard InChI is InChI=1S/C17H12ClF3N2O3S/c18-11-5-10(17(19,20)21)6-13-15(11)26-7-14(22-13)27-8-9-3-1-2-4-12(9)23-16(24)25/h1-6,23H,7-8H2,(H,24,25). The molecular weight excluding hydrogens is 405 g/mol. The zero-order valence-electron chi connectivity index (χ0n) is 13.5. The number of amides is 1. The van der Waals surface area contributed by atoms with Gasteiger partial charge in [0.2, 0.25) is 0 Å². The highest BCUT2D eigenvalue weighted by molar-refractivity contribution is 8.13. The first-order chi connectivity index (χ1) is 12.7. The third kappa shape index (κ3) is 4.67. The van der Waals surface area contributed by atoms with Crippen molar-refractivity contribution in [3.63, 3.8) is 0 Å². The van der Waals surface area contributed by atoms with Gasteiger partial charge < -0.3 is 9.84 Å². The molecule has 0 aromatic heterocycles. The average molecular weight is 417 g/mol. The molecule has 0 bridgehead atoms. The zero-order valence-corrected chi connectivity index (χ0v) is 15.1. The molecule has 1 aliphatic heterocycles. The summed E-state index contributed by atoms with van der Waals surface area (Å²) in [4.78, 5) is 15.1. The monoisotopic (exact) mass is 416 g/mol. The van der Waals surface area contributed by atoms with E-state index in [2.05, 4.69) is 10.3 Å². The maximum absolute atomic E-state index is 12.9. The Balaban J connectivity index is 1.81. The number of para-hydroxylation sites is 1. The van der Waals surface area contributed by atoms with Gasteiger partial charge in [-0.2, -0.15) is 13.2 Å². The summed E-state index contributed by atoms with van der Waals surface area (Å²) in [5.74, 6) is 0.475. The van der Waals surface area contributed by atoms with E-state index in [1.165, 1.54) is 11.8 Å². The number of carbonyl (C=O) groups is 1. The number of carboxylic acid groups (broad SMARTS) is 1. The van der Waals surface area contributed by atoms with Gasteiger partial charge in [0, 0.05) is 11.4 Å². The van der Waals surface area contributed by atoms with Gasteiger partial charge in [-0.1, -0.05) is 29.8 Å². The highest BCUT2D eigenvalue weighted by atomic mass is 35.5. The fourth-order valence-corrected chi connectivity index (χ4v) is 3.54. The molecule has 2 N–H and O–H groups in total. The Bertz CT molecular complexity index is 919. The van der Waals surface area contributed by atoms with Crippen LogP contribution in [0.4, 0.5) is 29.3 Å². The number of aliphatic imine (C=N–C) groups is 1. The van der Waals surface area contributed by atoms with Crippen molar-refractivity contribution in [1.82, 2.24) is 0 Å². The fraction of sp³-hybridized carbons (Fsp3) is 0.176. The van der Waals surface area contributed by atoms with Gasteiger partial charge in [0.05, 0.1) is 10.6 Å². The van der Waals surface area contributed by atoms with Crippen LogP contribution in [0.15, 0.2) is 41.4 Å². The predicted molar refractivity (Wildman–Crippen MR) is 98.4 cm³/mol. The van der Waals surface area contributed by atoms with Gasteiger partial charge in [-0.25, -0.2) is 9.79 Å². The summed E-state index contributed by atoms with van der Waals surface area (Å²) in [6.07, 6.45) is -5.73. The maximum atomic E-state index is 12.9. The molecule has 142 valence electrons. The minimum absolute atomic E-state index is 0.0144. The highest BCUT2D eigenvalue weighted by Gasteiger charge is 2.33. The van der Waals surface area contributed by atoms with Crippen molar-refractivity contribution in [2.45, 2.75) is 11.9 Å². The van der Waals surface area contributed by atoms with Crippen LogP contribution in [0.2, 0.25) is 5.02 Å². The van der Waals surface area contributed by atoms with Gasteiger partial charge in [-0.3, -0.25) is 5.32 Å². The van der Waals surface area contributed by atoms with Crippen molar-refractivity contribution in [3.8, 4) is 5.75 Å². The van der Waals surface area contributed by atoms with Crippen molar-refractivity contribution in [2.24, 2.45) is 4.99 Å². The lowest BCUT2D eigenvalue weighted by molar-refractivity contribution is -0.137. The quantitative estimate of drug-likeness (QED) is 0.662. The number of nitrogens with one attached hydrogen (secondary N) is 1. The van der Waals surface area contributed by atoms with Crippen molar-refractivity contribution in [3.05, 3.63) is 52.5 Å². The number of benzene rings is 2. The molecule has 27 heavy (non-hydrogen) atoms. The Kier molecular flexibility index (Phi) is 5.52. The third-order valence-electron chi connectivity index (χ3n) is 3.59. The molecule has 0 spiro atoms. The Hall–Kier alpha value is -2.39. The summed E-state index contributed by atoms with van der Waals surface area (Å²) in [6.45, 7) is 0.0667. The van der Waals surface area contributed by atoms with E-state index in [-0.39, 0.29) is 23.1 Å². The number of alkyl halides is 3. The molecule has 0 saturated heterocycles. The lowest BCUT2D eigenvalue weighted by Crippen LogP contribution is -2.14. The molecule has 5 nitrogen and oxygen atoms in total. The molecule has 1 aliphatic rings. The molecular formula is C17H12ClF3N2O3S. The van der Waals surface area contributed by atoms with Crippen molar-refractivity contribution in [2.75, 3.05) is 11.9 Å². The Morgan fingerprint density at radius 2 is 2.07 bits per heavy atom. The van der Waals surface area contributed by atoms with Gasteiger partial charge in [0.25, 0.3) is 0 Å². The van der Waals surface area contributed by atoms with E-state index in [0.717, 1.165) is 12.1 Å². The van der Waals surface area contributed by atoms with Crippen molar-refractivity contribution >= 4 is 45.9 Å². The van der Waals surface area contributed by atoms with E-state index in [1.54, 1.807) is 24.3 Å². The van der Waals surface area contributed by atoms with Crippen LogP contribution in [0, 0.1) is 0 Å². The smallest absolute Gasteiger partial charge is 0.416 e. The number of hydrogen-bond donors (Lipinski definition) is 2. The van der Waals surface area contributed by atoms with Gasteiger partial charge in [-0.15, -0.1) is 11.8 Å². The second-order valence-corrected chi connectivity index (χ2v) is 6.93. The molecule has 1 amide bonds. The maximum Gasteiger partial charge on any atom is 0.416 e. The Labute approximate surface area is 161 Å². The summed E-state index contributed by atoms with van der Waals surface area (Å²) >= 11 is 7.12. The van der Waals surface area contributed by atoms with Gasteiger partial charge in [0.15, 0.2) is 5.75 Å². The summed E-state index contributed by atoms with van der Waals surface area (Å²) in [6, 6.07) is 8.51. The van der Waals surface area contributed by atoms with E-state index in [1.807, 2.05) is 0 Å². The van der Waals surface area contributed by atoms with Crippen molar-refractivity contribution in [1.29, 1.82) is 0 Å². The number of halogens is 4. The number of fused-ring (bicyclic) bond motifs is 1. The van der Waals surface area contributed by atoms with E-state index >= 15 is 0 Å². The number of thioether (sulfide) groups is 1. The van der Waals surface area contributed by atoms with E-state index in [0.29, 0.717) is 22.0 Å². The number of ether oxygens (including phenoxy) is 1. The van der Waals surface area contributed by atoms with Crippen LogP contribution in [-0.4, -0.2) is 22.9 Å². The first-order valence-electron chi connectivity index (χ1n) is 7.56. The van der Waals surface area contributed by atoms with Crippen LogP contribution in [0.5, 0.6) is 5.75 Å². The molecule has 2 aromatic carbocycles. The van der Waals surface area contributed by atoms with Gasteiger partial charge in [-0.05, 0) is 23.8 Å². The molecule has 0 fully saturated rings. The third-order valence-corrected chi connectivity index (χ3v) is 4.87. The van der Waals surface area contributed by atoms with Crippen LogP contribution >= 0.6 is 23.4 Å². The molecule has 1 heterocycles. The SMILES string of the molecule is O=C(O)Nc1ccccc1CSC1=Nc2cc(C(F)(F)F)cc(Cl)c2OC1. The van der Waals surface area contributed by atoms with E-state index in [9.17, 15) is 18.0 Å². The van der Waals surface area contributed by atoms with Crippen molar-refractivity contribution < 1.29 is 27.8 Å². The summed E-state index contributed by atoms with van der Waals surface area (Å²) in [5, 5.41) is 11.5. The zero-order chi connectivity index (χ0) is 19.6. The molecule has 10 heteroatoms. The second-order valence-electron chi connectivity index (χ2n) is 5.47. The molecule has 0 radical (unpaired) electrons. The first kappa shape index (κ1) is 19.4. The molecule has 2 aromatic rings. The van der Waals surface area contributed by atoms with Gasteiger partial charge >= 0.3 is 12.3 Å². The molecule has 0 saturated carbocycles. The number of nitrogens with zero attached hydrogens (tertiary/aromatic N) is 1. The Morgan fingerprint density at radius 1 is 1.33 bits per heavy atom. The molecule has 0 aliphatic carbocycles. The van der Waals surface area contributed by atoms with Crippen LogP contribution in [-0.2, 0) is 11.9 Å². The second kappa shape index (κ2) is 7.69. The highest BCUT2D eigenvalue weighted by Crippen LogP contribution is 2.43. The van der Waals surface area contributed by atoms with Crippen LogP contribution < -0.4 is 10.1 Å². The molecule has 0 unspecified atom stereocenters. The average Bonchev–Trinajstić information content (AvgIpc) is 2.59. The van der Waals surface area contributed by atoms with E-state index < -0.39 is 17.8 Å². The fourth-order valence-electron chi connectivity index (χ4n) is 2.39. The van der Waals surface area contributed by atoms with E-state index in [4.69, 9.17) is 21.4 Å². The lowest BCUT2D eigenvalue weighted by Gasteiger charge is -2.19. The number of hydrogen-bond acceptors (Lipinski definition) is 4. The largest absolute Gasteiger partial charge is 0.483 e. The van der Waals surface area contributed by atoms with Crippen LogP contribution in [0.1, 0.15) is 11.1 Å². The van der Waals surface area contributed by atoms with Gasteiger partial charge in [0.1, 0.15) is 17.3 Å². The molecule has 0 atom stereocenters. The lowest BCUT2D eigenvalue weighted by atomic mass is 10.1. The topological polar surface area (TPSA) is 70.9 Å². The normalized spacial score (nSPS) is 13.4. The summed E-state index contributed by atoms with van der Waals surface area (Å²) in [7, 11) is 0. The molecule has 3 rings (SSSR count). The number of rotatable bonds is 3. The Morgan fingerprint density at radius 3 is 2.78 bits per heavy atom. The summed E-state index contributed by atoms with van der Waals surface area (Å²) in [5.41, 5.74) is 0.250. The summed E-state index contributed by atoms with van der Waals surface area (Å²) < 4.78 is 44.3. The first-order valence-corrected chi connectivity index (χ1v) is 8.92. The minimum atomic E-state index is -4.54. The minimum Gasteiger partial charge on any atom is -0.483 e. The van der Waals surface area contributed by atoms with Crippen LogP contribution in [0.3, 0.4) is 0 Å². The number of anilines is 1. The van der Waals surface area contributed by atoms with Crippen LogP contribution in [0.25, 0.3) is 0 Å².